The van der Waals surface area contributed by atoms with E-state index in [2.05, 4.69) is 0 Å². The normalized spacial score (nSPS) is 13.8. The molecule has 0 bridgehead atoms. The Morgan fingerprint density at radius 1 is 1.06 bits per heavy atom. The van der Waals surface area contributed by atoms with Crippen molar-refractivity contribution in [3.05, 3.63) is 58.9 Å². The maximum atomic E-state index is 13.3. The second kappa shape index (κ2) is 4.05. The molecule has 0 radical (unpaired) electrons. The van der Waals surface area contributed by atoms with Gasteiger partial charge in [0.25, 0.3) is 0 Å². The van der Waals surface area contributed by atoms with Crippen LogP contribution in [0.25, 0.3) is 11.1 Å². The van der Waals surface area contributed by atoms with Gasteiger partial charge in [0.1, 0.15) is 5.82 Å². The van der Waals surface area contributed by atoms with Crippen LogP contribution < -0.4 is 0 Å². The summed E-state index contributed by atoms with van der Waals surface area (Å²) in [7, 11) is 0. The van der Waals surface area contributed by atoms with Crippen LogP contribution in [0.5, 0.6) is 0 Å². The van der Waals surface area contributed by atoms with Crippen LogP contribution in [0.4, 0.5) is 4.39 Å². The van der Waals surface area contributed by atoms with Gasteiger partial charge in [0.15, 0.2) is 5.78 Å². The van der Waals surface area contributed by atoms with Crippen LogP contribution in [-0.4, -0.2) is 5.78 Å². The SMILES string of the molecule is Cc1cc(-c2cccc3c2CCC3=O)ccc1F. The molecule has 18 heavy (non-hydrogen) atoms. The van der Waals surface area contributed by atoms with Crippen molar-refractivity contribution in [3.63, 3.8) is 0 Å². The topological polar surface area (TPSA) is 17.1 Å². The van der Waals surface area contributed by atoms with E-state index in [-0.39, 0.29) is 11.6 Å². The summed E-state index contributed by atoms with van der Waals surface area (Å²) in [6.07, 6.45) is 1.38. The molecule has 1 aliphatic rings. The summed E-state index contributed by atoms with van der Waals surface area (Å²) in [6, 6.07) is 10.9. The molecule has 0 heterocycles. The molecule has 1 nitrogen and oxygen atoms in total. The minimum Gasteiger partial charge on any atom is -0.294 e. The van der Waals surface area contributed by atoms with Crippen LogP contribution in [0.2, 0.25) is 0 Å². The van der Waals surface area contributed by atoms with E-state index in [9.17, 15) is 9.18 Å². The first-order chi connectivity index (χ1) is 8.66. The van der Waals surface area contributed by atoms with Gasteiger partial charge in [0, 0.05) is 12.0 Å². The van der Waals surface area contributed by atoms with Gasteiger partial charge >= 0.3 is 0 Å². The van der Waals surface area contributed by atoms with E-state index < -0.39 is 0 Å². The molecule has 1 aliphatic carbocycles. The maximum absolute atomic E-state index is 13.3. The largest absolute Gasteiger partial charge is 0.294 e. The Morgan fingerprint density at radius 3 is 2.61 bits per heavy atom. The highest BCUT2D eigenvalue weighted by atomic mass is 19.1. The molecule has 0 amide bonds. The van der Waals surface area contributed by atoms with Crippen LogP contribution in [0.3, 0.4) is 0 Å². The molecule has 0 aliphatic heterocycles. The van der Waals surface area contributed by atoms with Gasteiger partial charge in [-0.25, -0.2) is 4.39 Å². The molecular formula is C16H13FO. The number of ketones is 1. The monoisotopic (exact) mass is 240 g/mol. The first-order valence-electron chi connectivity index (χ1n) is 6.08. The van der Waals surface area contributed by atoms with Gasteiger partial charge in [-0.3, -0.25) is 4.79 Å². The number of carbonyl (C=O) groups excluding carboxylic acids is 1. The van der Waals surface area contributed by atoms with Crippen molar-refractivity contribution in [2.45, 2.75) is 19.8 Å². The first-order valence-corrected chi connectivity index (χ1v) is 6.08. The molecule has 0 aromatic heterocycles. The van der Waals surface area contributed by atoms with Crippen LogP contribution in [0, 0.1) is 12.7 Å². The van der Waals surface area contributed by atoms with Crippen molar-refractivity contribution < 1.29 is 9.18 Å². The summed E-state index contributed by atoms with van der Waals surface area (Å²) < 4.78 is 13.3. The van der Waals surface area contributed by atoms with E-state index in [1.165, 1.54) is 6.07 Å². The summed E-state index contributed by atoms with van der Waals surface area (Å²) in [5, 5.41) is 0. The van der Waals surface area contributed by atoms with Crippen molar-refractivity contribution >= 4 is 5.78 Å². The number of hydrogen-bond donors (Lipinski definition) is 0. The molecule has 2 heteroatoms. The fourth-order valence-electron chi connectivity index (χ4n) is 2.57. The molecule has 2 aromatic rings. The van der Waals surface area contributed by atoms with E-state index >= 15 is 0 Å². The lowest BCUT2D eigenvalue weighted by Crippen LogP contribution is -1.93. The zero-order valence-electron chi connectivity index (χ0n) is 10.2. The number of fused-ring (bicyclic) bond motifs is 1. The number of Topliss-reactive ketones (excluding diaryl/α,β-unsaturated/α-hetero) is 1. The van der Waals surface area contributed by atoms with E-state index in [0.717, 1.165) is 28.7 Å². The standard InChI is InChI=1S/C16H13FO/c1-10-9-11(5-7-15(10)17)12-3-2-4-14-13(12)6-8-16(14)18/h2-5,7,9H,6,8H2,1H3. The van der Waals surface area contributed by atoms with Gasteiger partial charge in [-0.15, -0.1) is 0 Å². The van der Waals surface area contributed by atoms with Crippen molar-refractivity contribution in [1.29, 1.82) is 0 Å². The number of halogens is 1. The predicted molar refractivity (Wildman–Crippen MR) is 69.2 cm³/mol. The number of rotatable bonds is 1. The molecule has 0 spiro atoms. The molecule has 3 rings (SSSR count). The Morgan fingerprint density at radius 2 is 1.83 bits per heavy atom. The van der Waals surface area contributed by atoms with E-state index in [0.29, 0.717) is 12.0 Å². The average Bonchev–Trinajstić information content (AvgIpc) is 2.75. The highest BCUT2D eigenvalue weighted by molar-refractivity contribution is 6.02. The lowest BCUT2D eigenvalue weighted by Gasteiger charge is -2.09. The number of benzene rings is 2. The molecule has 2 aromatic carbocycles. The fourth-order valence-corrected chi connectivity index (χ4v) is 2.57. The Bertz CT molecular complexity index is 644. The molecule has 0 saturated heterocycles. The molecule has 0 fully saturated rings. The third-order valence-corrected chi connectivity index (χ3v) is 3.55. The predicted octanol–water partition coefficient (Wildman–Crippen LogP) is 3.93. The van der Waals surface area contributed by atoms with Crippen LogP contribution in [0.15, 0.2) is 36.4 Å². The second-order valence-electron chi connectivity index (χ2n) is 4.72. The molecule has 0 N–H and O–H groups in total. The number of hydrogen-bond acceptors (Lipinski definition) is 1. The van der Waals surface area contributed by atoms with Gasteiger partial charge in [0.2, 0.25) is 0 Å². The summed E-state index contributed by atoms with van der Waals surface area (Å²) >= 11 is 0. The van der Waals surface area contributed by atoms with Crippen LogP contribution >= 0.6 is 0 Å². The first kappa shape index (κ1) is 11.1. The van der Waals surface area contributed by atoms with Gasteiger partial charge in [0.05, 0.1) is 0 Å². The summed E-state index contributed by atoms with van der Waals surface area (Å²) in [5.41, 5.74) is 4.61. The lowest BCUT2D eigenvalue weighted by molar-refractivity contribution is 0.0994. The average molecular weight is 240 g/mol. The summed E-state index contributed by atoms with van der Waals surface area (Å²) in [5.74, 6) is 0.0214. The van der Waals surface area contributed by atoms with Crippen molar-refractivity contribution in [2.24, 2.45) is 0 Å². The Labute approximate surface area is 105 Å². The minimum absolute atomic E-state index is 0.192. The zero-order valence-corrected chi connectivity index (χ0v) is 10.2. The Hall–Kier alpha value is -1.96. The number of carbonyl (C=O) groups is 1. The molecule has 90 valence electrons. The van der Waals surface area contributed by atoms with E-state index in [1.54, 1.807) is 13.0 Å². The molecule has 0 atom stereocenters. The smallest absolute Gasteiger partial charge is 0.163 e. The zero-order chi connectivity index (χ0) is 12.7. The van der Waals surface area contributed by atoms with Crippen molar-refractivity contribution in [2.75, 3.05) is 0 Å². The van der Waals surface area contributed by atoms with Gasteiger partial charge in [-0.1, -0.05) is 24.3 Å². The highest BCUT2D eigenvalue weighted by Crippen LogP contribution is 2.32. The van der Waals surface area contributed by atoms with Gasteiger partial charge < -0.3 is 0 Å². The highest BCUT2D eigenvalue weighted by Gasteiger charge is 2.22. The quantitative estimate of drug-likeness (QED) is 0.738. The van der Waals surface area contributed by atoms with Crippen LogP contribution in [0.1, 0.15) is 27.9 Å². The fraction of sp³-hybridized carbons (Fsp3) is 0.188. The summed E-state index contributed by atoms with van der Waals surface area (Å²) in [6.45, 7) is 1.76. The number of aryl methyl sites for hydroxylation is 1. The van der Waals surface area contributed by atoms with Crippen molar-refractivity contribution in [1.82, 2.24) is 0 Å². The lowest BCUT2D eigenvalue weighted by atomic mass is 9.96. The molecule has 0 unspecified atom stereocenters. The molecular weight excluding hydrogens is 227 g/mol. The Kier molecular flexibility index (Phi) is 2.51. The third kappa shape index (κ3) is 1.65. The van der Waals surface area contributed by atoms with E-state index in [1.807, 2.05) is 24.3 Å². The van der Waals surface area contributed by atoms with Gasteiger partial charge in [-0.2, -0.15) is 0 Å². The van der Waals surface area contributed by atoms with Gasteiger partial charge in [-0.05, 0) is 47.7 Å². The second-order valence-corrected chi connectivity index (χ2v) is 4.72. The summed E-state index contributed by atoms with van der Waals surface area (Å²) in [4.78, 5) is 11.7. The Balaban J connectivity index is 2.18. The van der Waals surface area contributed by atoms with Crippen molar-refractivity contribution in [3.8, 4) is 11.1 Å². The van der Waals surface area contributed by atoms with E-state index in [4.69, 9.17) is 0 Å². The maximum Gasteiger partial charge on any atom is 0.163 e. The third-order valence-electron chi connectivity index (χ3n) is 3.55. The molecule has 0 saturated carbocycles. The minimum atomic E-state index is -0.192. The van der Waals surface area contributed by atoms with Crippen LogP contribution in [-0.2, 0) is 6.42 Å².